The maximum atomic E-state index is 12.3. The Morgan fingerprint density at radius 1 is 1.19 bits per heavy atom. The minimum atomic E-state index is -0.159. The number of anilines is 1. The van der Waals surface area contributed by atoms with Gasteiger partial charge in [-0.05, 0) is 82.0 Å². The standard InChI is InChI=1S/C20H17BrN2O2S/c21-16-5-7-19(22-10-16)23-20(24)18-8-13(12-26-18)11-25-17-6-4-14-2-1-3-15(14)9-17/h4-10,12H,1-3,11H2,(H,22,23,24). The summed E-state index contributed by atoms with van der Waals surface area (Å²) in [7, 11) is 0. The zero-order chi connectivity index (χ0) is 17.9. The van der Waals surface area contributed by atoms with Crippen molar-refractivity contribution in [2.24, 2.45) is 0 Å². The highest BCUT2D eigenvalue weighted by molar-refractivity contribution is 9.10. The quantitative estimate of drug-likeness (QED) is 0.605. The number of amides is 1. The number of aryl methyl sites for hydroxylation is 2. The molecule has 1 N–H and O–H groups in total. The van der Waals surface area contributed by atoms with Gasteiger partial charge in [0.15, 0.2) is 0 Å². The molecule has 0 bridgehead atoms. The van der Waals surface area contributed by atoms with Crippen molar-refractivity contribution in [1.82, 2.24) is 4.98 Å². The van der Waals surface area contributed by atoms with Crippen LogP contribution in [0.1, 0.15) is 32.8 Å². The van der Waals surface area contributed by atoms with Crippen molar-refractivity contribution >= 4 is 39.0 Å². The molecule has 0 spiro atoms. The van der Waals surface area contributed by atoms with Crippen LogP contribution < -0.4 is 10.1 Å². The highest BCUT2D eigenvalue weighted by Gasteiger charge is 2.13. The molecule has 132 valence electrons. The summed E-state index contributed by atoms with van der Waals surface area (Å²) in [6.07, 6.45) is 5.19. The van der Waals surface area contributed by atoms with E-state index in [2.05, 4.69) is 38.4 Å². The SMILES string of the molecule is O=C(Nc1ccc(Br)cn1)c1cc(COc2ccc3c(c2)CCC3)cs1. The molecule has 3 aromatic rings. The molecular formula is C20H17BrN2O2S. The van der Waals surface area contributed by atoms with Gasteiger partial charge in [-0.15, -0.1) is 11.3 Å². The third-order valence-electron chi connectivity index (χ3n) is 4.32. The monoisotopic (exact) mass is 428 g/mol. The molecule has 2 heterocycles. The summed E-state index contributed by atoms with van der Waals surface area (Å²) >= 11 is 4.73. The molecule has 1 aliphatic rings. The Morgan fingerprint density at radius 2 is 2.08 bits per heavy atom. The summed E-state index contributed by atoms with van der Waals surface area (Å²) in [5.41, 5.74) is 3.83. The Morgan fingerprint density at radius 3 is 2.92 bits per heavy atom. The average Bonchev–Trinajstić information content (AvgIpc) is 3.30. The Labute approximate surface area is 164 Å². The molecule has 1 amide bonds. The lowest BCUT2D eigenvalue weighted by molar-refractivity contribution is 0.103. The van der Waals surface area contributed by atoms with Gasteiger partial charge in [-0.25, -0.2) is 4.98 Å². The minimum absolute atomic E-state index is 0.159. The van der Waals surface area contributed by atoms with Crippen LogP contribution in [0.5, 0.6) is 5.75 Å². The number of nitrogens with one attached hydrogen (secondary N) is 1. The lowest BCUT2D eigenvalue weighted by atomic mass is 10.1. The number of thiophene rings is 1. The molecule has 1 aromatic carbocycles. The molecule has 0 atom stereocenters. The van der Waals surface area contributed by atoms with Crippen LogP contribution in [0.2, 0.25) is 0 Å². The second kappa shape index (κ2) is 7.60. The first-order chi connectivity index (χ1) is 12.7. The first-order valence-corrected chi connectivity index (χ1v) is 10.1. The van der Waals surface area contributed by atoms with Gasteiger partial charge < -0.3 is 10.1 Å². The number of carbonyl (C=O) groups excluding carboxylic acids is 1. The van der Waals surface area contributed by atoms with Gasteiger partial charge in [0, 0.05) is 16.2 Å². The molecule has 4 rings (SSSR count). The third-order valence-corrected chi connectivity index (χ3v) is 5.77. The average molecular weight is 429 g/mol. The van der Waals surface area contributed by atoms with Crippen molar-refractivity contribution in [3.63, 3.8) is 0 Å². The van der Waals surface area contributed by atoms with Crippen LogP contribution in [0.3, 0.4) is 0 Å². The minimum Gasteiger partial charge on any atom is -0.489 e. The van der Waals surface area contributed by atoms with Crippen molar-refractivity contribution in [3.8, 4) is 5.75 Å². The second-order valence-corrected chi connectivity index (χ2v) is 8.03. The first-order valence-electron chi connectivity index (χ1n) is 8.42. The van der Waals surface area contributed by atoms with Crippen molar-refractivity contribution in [1.29, 1.82) is 0 Å². The number of nitrogens with zero attached hydrogens (tertiary/aromatic N) is 1. The van der Waals surface area contributed by atoms with Gasteiger partial charge in [0.05, 0.1) is 4.88 Å². The molecule has 0 unspecified atom stereocenters. The molecule has 26 heavy (non-hydrogen) atoms. The van der Waals surface area contributed by atoms with Gasteiger partial charge >= 0.3 is 0 Å². The van der Waals surface area contributed by atoms with Gasteiger partial charge in [0.1, 0.15) is 18.2 Å². The fourth-order valence-corrected chi connectivity index (χ4v) is 4.03. The van der Waals surface area contributed by atoms with Crippen LogP contribution >= 0.6 is 27.3 Å². The van der Waals surface area contributed by atoms with E-state index in [1.54, 1.807) is 12.3 Å². The summed E-state index contributed by atoms with van der Waals surface area (Å²) in [4.78, 5) is 17.1. The normalized spacial score (nSPS) is 12.7. The van der Waals surface area contributed by atoms with Gasteiger partial charge in [-0.2, -0.15) is 0 Å². The number of hydrogen-bond donors (Lipinski definition) is 1. The van der Waals surface area contributed by atoms with Crippen LogP contribution in [0.15, 0.2) is 52.4 Å². The number of halogens is 1. The molecule has 0 saturated carbocycles. The molecule has 6 heteroatoms. The lowest BCUT2D eigenvalue weighted by Crippen LogP contribution is -2.11. The summed E-state index contributed by atoms with van der Waals surface area (Å²) in [5, 5.41) is 4.76. The van der Waals surface area contributed by atoms with Crippen LogP contribution in [-0.2, 0) is 19.4 Å². The topological polar surface area (TPSA) is 51.2 Å². The van der Waals surface area contributed by atoms with E-state index in [9.17, 15) is 4.79 Å². The summed E-state index contributed by atoms with van der Waals surface area (Å²) in [6.45, 7) is 0.457. The molecular weight excluding hydrogens is 412 g/mol. The Kier molecular flexibility index (Phi) is 5.04. The van der Waals surface area contributed by atoms with Gasteiger partial charge in [-0.3, -0.25) is 4.79 Å². The highest BCUT2D eigenvalue weighted by atomic mass is 79.9. The smallest absolute Gasteiger partial charge is 0.266 e. The molecule has 0 saturated heterocycles. The Bertz CT molecular complexity index is 937. The molecule has 0 fully saturated rings. The van der Waals surface area contributed by atoms with Crippen molar-refractivity contribution in [2.75, 3.05) is 5.32 Å². The maximum absolute atomic E-state index is 12.3. The number of carbonyl (C=O) groups is 1. The predicted molar refractivity (Wildman–Crippen MR) is 107 cm³/mol. The fourth-order valence-electron chi connectivity index (χ4n) is 3.00. The van der Waals surface area contributed by atoms with Crippen molar-refractivity contribution in [3.05, 3.63) is 74.0 Å². The van der Waals surface area contributed by atoms with E-state index in [-0.39, 0.29) is 5.91 Å². The zero-order valence-electron chi connectivity index (χ0n) is 14.0. The van der Waals surface area contributed by atoms with Crippen molar-refractivity contribution in [2.45, 2.75) is 25.9 Å². The molecule has 0 radical (unpaired) electrons. The van der Waals surface area contributed by atoms with Crippen LogP contribution in [-0.4, -0.2) is 10.9 Å². The number of fused-ring (bicyclic) bond motifs is 1. The zero-order valence-corrected chi connectivity index (χ0v) is 16.4. The highest BCUT2D eigenvalue weighted by Crippen LogP contribution is 2.27. The van der Waals surface area contributed by atoms with E-state index in [1.807, 2.05) is 23.6 Å². The third kappa shape index (κ3) is 3.97. The van der Waals surface area contributed by atoms with E-state index in [4.69, 9.17) is 4.74 Å². The number of ether oxygens (including phenoxy) is 1. The van der Waals surface area contributed by atoms with E-state index in [1.165, 1.54) is 35.3 Å². The van der Waals surface area contributed by atoms with Gasteiger partial charge in [0.2, 0.25) is 0 Å². The fraction of sp³-hybridized carbons (Fsp3) is 0.200. The number of hydrogen-bond acceptors (Lipinski definition) is 4. The second-order valence-electron chi connectivity index (χ2n) is 6.21. The lowest BCUT2D eigenvalue weighted by Gasteiger charge is -2.07. The van der Waals surface area contributed by atoms with E-state index < -0.39 is 0 Å². The van der Waals surface area contributed by atoms with Crippen LogP contribution in [0.25, 0.3) is 0 Å². The maximum Gasteiger partial charge on any atom is 0.266 e. The van der Waals surface area contributed by atoms with Gasteiger partial charge in [0.25, 0.3) is 5.91 Å². The Hall–Kier alpha value is -2.18. The number of aromatic nitrogens is 1. The number of benzene rings is 1. The van der Waals surface area contributed by atoms with Gasteiger partial charge in [-0.1, -0.05) is 6.07 Å². The molecule has 1 aliphatic carbocycles. The van der Waals surface area contributed by atoms with Crippen LogP contribution in [0.4, 0.5) is 5.82 Å². The van der Waals surface area contributed by atoms with E-state index >= 15 is 0 Å². The first kappa shape index (κ1) is 17.2. The largest absolute Gasteiger partial charge is 0.489 e. The summed E-state index contributed by atoms with van der Waals surface area (Å²) in [6, 6.07) is 11.8. The Balaban J connectivity index is 1.36. The van der Waals surface area contributed by atoms with E-state index in [0.29, 0.717) is 17.3 Å². The molecule has 0 aliphatic heterocycles. The predicted octanol–water partition coefficient (Wildman–Crippen LogP) is 5.23. The molecule has 2 aromatic heterocycles. The number of rotatable bonds is 5. The van der Waals surface area contributed by atoms with Crippen LogP contribution in [0, 0.1) is 0 Å². The summed E-state index contributed by atoms with van der Waals surface area (Å²) in [5.74, 6) is 1.26. The summed E-state index contributed by atoms with van der Waals surface area (Å²) < 4.78 is 6.77. The number of pyridine rings is 1. The van der Waals surface area contributed by atoms with Crippen molar-refractivity contribution < 1.29 is 9.53 Å². The molecule has 4 nitrogen and oxygen atoms in total. The van der Waals surface area contributed by atoms with E-state index in [0.717, 1.165) is 22.2 Å².